The SMILES string of the molecule is CC(NCCCCC(F)(F)F)c1ccccc1Cl. The van der Waals surface area contributed by atoms with E-state index in [1.165, 1.54) is 0 Å². The number of nitrogens with one attached hydrogen (secondary N) is 1. The van der Waals surface area contributed by atoms with Crippen LogP contribution in [0.5, 0.6) is 0 Å². The first-order valence-electron chi connectivity index (χ1n) is 5.95. The summed E-state index contributed by atoms with van der Waals surface area (Å²) >= 11 is 6.03. The van der Waals surface area contributed by atoms with E-state index in [2.05, 4.69) is 5.32 Å². The van der Waals surface area contributed by atoms with Crippen LogP contribution in [0.2, 0.25) is 5.02 Å². The van der Waals surface area contributed by atoms with E-state index in [4.69, 9.17) is 11.6 Å². The first-order valence-corrected chi connectivity index (χ1v) is 6.32. The number of alkyl halides is 3. The molecule has 0 radical (unpaired) electrons. The van der Waals surface area contributed by atoms with E-state index in [1.807, 2.05) is 25.1 Å². The molecule has 1 unspecified atom stereocenters. The maximum atomic E-state index is 11.9. The summed E-state index contributed by atoms with van der Waals surface area (Å²) in [5, 5.41) is 3.85. The molecule has 0 aliphatic carbocycles. The molecule has 0 aliphatic rings. The van der Waals surface area contributed by atoms with Gasteiger partial charge >= 0.3 is 6.18 Å². The molecular weight excluding hydrogens is 263 g/mol. The molecule has 0 aliphatic heterocycles. The Bertz CT molecular complexity index is 365. The van der Waals surface area contributed by atoms with Gasteiger partial charge in [-0.25, -0.2) is 0 Å². The van der Waals surface area contributed by atoms with E-state index in [9.17, 15) is 13.2 Å². The minimum Gasteiger partial charge on any atom is -0.310 e. The molecule has 0 aromatic heterocycles. The van der Waals surface area contributed by atoms with Gasteiger partial charge in [-0.3, -0.25) is 0 Å². The predicted molar refractivity (Wildman–Crippen MR) is 67.8 cm³/mol. The van der Waals surface area contributed by atoms with E-state index < -0.39 is 12.6 Å². The summed E-state index contributed by atoms with van der Waals surface area (Å²) in [5.74, 6) is 0. The summed E-state index contributed by atoms with van der Waals surface area (Å²) in [4.78, 5) is 0. The van der Waals surface area contributed by atoms with Crippen molar-refractivity contribution in [2.45, 2.75) is 38.4 Å². The van der Waals surface area contributed by atoms with Gasteiger partial charge in [0.25, 0.3) is 0 Å². The van der Waals surface area contributed by atoms with Crippen LogP contribution in [0.3, 0.4) is 0 Å². The van der Waals surface area contributed by atoms with Crippen molar-refractivity contribution in [2.75, 3.05) is 6.54 Å². The van der Waals surface area contributed by atoms with Gasteiger partial charge < -0.3 is 5.32 Å². The van der Waals surface area contributed by atoms with Crippen LogP contribution in [-0.2, 0) is 0 Å². The van der Waals surface area contributed by atoms with Gasteiger partial charge in [-0.1, -0.05) is 29.8 Å². The summed E-state index contributed by atoms with van der Waals surface area (Å²) in [6.45, 7) is 2.51. The molecule has 0 saturated carbocycles. The molecular formula is C13H17ClF3N. The van der Waals surface area contributed by atoms with Crippen LogP contribution < -0.4 is 5.32 Å². The predicted octanol–water partition coefficient (Wildman–Crippen LogP) is 4.72. The van der Waals surface area contributed by atoms with Crippen molar-refractivity contribution in [2.24, 2.45) is 0 Å². The van der Waals surface area contributed by atoms with Crippen LogP contribution in [0.1, 0.15) is 37.8 Å². The molecule has 0 saturated heterocycles. The van der Waals surface area contributed by atoms with Crippen LogP contribution >= 0.6 is 11.6 Å². The van der Waals surface area contributed by atoms with Gasteiger partial charge in [0.15, 0.2) is 0 Å². The lowest BCUT2D eigenvalue weighted by atomic mass is 10.1. The number of halogens is 4. The Balaban J connectivity index is 2.26. The fraction of sp³-hybridized carbons (Fsp3) is 0.538. The van der Waals surface area contributed by atoms with Gasteiger partial charge in [0.05, 0.1) is 0 Å². The third-order valence-corrected chi connectivity index (χ3v) is 3.05. The number of unbranched alkanes of at least 4 members (excludes halogenated alkanes) is 1. The topological polar surface area (TPSA) is 12.0 Å². The molecule has 0 fully saturated rings. The van der Waals surface area contributed by atoms with Crippen LogP contribution in [0, 0.1) is 0 Å². The molecule has 1 aromatic carbocycles. The minimum absolute atomic E-state index is 0.0459. The highest BCUT2D eigenvalue weighted by atomic mass is 35.5. The zero-order chi connectivity index (χ0) is 13.6. The Kier molecular flexibility index (Phi) is 5.96. The second-order valence-electron chi connectivity index (χ2n) is 4.27. The summed E-state index contributed by atoms with van der Waals surface area (Å²) in [6.07, 6.45) is -4.09. The van der Waals surface area contributed by atoms with Gasteiger partial charge in [0.1, 0.15) is 0 Å². The summed E-state index contributed by atoms with van der Waals surface area (Å²) in [6, 6.07) is 7.50. The Morgan fingerprint density at radius 2 is 1.89 bits per heavy atom. The maximum absolute atomic E-state index is 11.9. The van der Waals surface area contributed by atoms with Gasteiger partial charge in [-0.15, -0.1) is 0 Å². The van der Waals surface area contributed by atoms with E-state index in [-0.39, 0.29) is 12.5 Å². The van der Waals surface area contributed by atoms with E-state index in [1.54, 1.807) is 6.07 Å². The molecule has 18 heavy (non-hydrogen) atoms. The molecule has 1 N–H and O–H groups in total. The average molecular weight is 280 g/mol. The standard InChI is InChI=1S/C13H17ClF3N/c1-10(11-6-2-3-7-12(11)14)18-9-5-4-8-13(15,16)17/h2-3,6-7,10,18H,4-5,8-9H2,1H3. The molecule has 5 heteroatoms. The Hall–Kier alpha value is -0.740. The molecule has 0 bridgehead atoms. The largest absolute Gasteiger partial charge is 0.389 e. The fourth-order valence-electron chi connectivity index (χ4n) is 1.71. The highest BCUT2D eigenvalue weighted by molar-refractivity contribution is 6.31. The molecule has 1 atom stereocenters. The molecule has 1 nitrogen and oxygen atoms in total. The molecule has 1 rings (SSSR count). The van der Waals surface area contributed by atoms with Crippen molar-refractivity contribution in [3.05, 3.63) is 34.9 Å². The number of hydrogen-bond acceptors (Lipinski definition) is 1. The number of hydrogen-bond donors (Lipinski definition) is 1. The van der Waals surface area contributed by atoms with Crippen LogP contribution in [-0.4, -0.2) is 12.7 Å². The quantitative estimate of drug-likeness (QED) is 0.743. The van der Waals surface area contributed by atoms with Crippen molar-refractivity contribution in [1.29, 1.82) is 0 Å². The summed E-state index contributed by atoms with van der Waals surface area (Å²) in [7, 11) is 0. The second-order valence-corrected chi connectivity index (χ2v) is 4.68. The van der Waals surface area contributed by atoms with Gasteiger partial charge in [-0.2, -0.15) is 13.2 Å². The van der Waals surface area contributed by atoms with E-state index in [0.717, 1.165) is 5.56 Å². The van der Waals surface area contributed by atoms with Gasteiger partial charge in [0.2, 0.25) is 0 Å². The first-order chi connectivity index (χ1) is 8.40. The van der Waals surface area contributed by atoms with Gasteiger partial charge in [-0.05, 0) is 37.9 Å². The number of rotatable bonds is 6. The smallest absolute Gasteiger partial charge is 0.310 e. The first kappa shape index (κ1) is 15.3. The van der Waals surface area contributed by atoms with Crippen molar-refractivity contribution >= 4 is 11.6 Å². The molecule has 0 amide bonds. The summed E-state index contributed by atoms with van der Waals surface area (Å²) < 4.78 is 35.8. The maximum Gasteiger partial charge on any atom is 0.389 e. The van der Waals surface area contributed by atoms with Crippen LogP contribution in [0.4, 0.5) is 13.2 Å². The lowest BCUT2D eigenvalue weighted by Crippen LogP contribution is -2.20. The lowest BCUT2D eigenvalue weighted by molar-refractivity contribution is -0.135. The lowest BCUT2D eigenvalue weighted by Gasteiger charge is -2.15. The Labute approximate surface area is 110 Å². The Morgan fingerprint density at radius 1 is 1.22 bits per heavy atom. The van der Waals surface area contributed by atoms with Gasteiger partial charge in [0, 0.05) is 17.5 Å². The highest BCUT2D eigenvalue weighted by Crippen LogP contribution is 2.23. The molecule has 0 heterocycles. The molecule has 102 valence electrons. The number of benzene rings is 1. The Morgan fingerprint density at radius 3 is 2.50 bits per heavy atom. The molecule has 0 spiro atoms. The van der Waals surface area contributed by atoms with Crippen LogP contribution in [0.25, 0.3) is 0 Å². The normalized spacial score (nSPS) is 13.6. The zero-order valence-corrected chi connectivity index (χ0v) is 11.0. The third kappa shape index (κ3) is 5.74. The zero-order valence-electron chi connectivity index (χ0n) is 10.2. The monoisotopic (exact) mass is 279 g/mol. The van der Waals surface area contributed by atoms with Crippen molar-refractivity contribution < 1.29 is 13.2 Å². The second kappa shape index (κ2) is 7.00. The average Bonchev–Trinajstić information content (AvgIpc) is 2.27. The highest BCUT2D eigenvalue weighted by Gasteiger charge is 2.25. The fourth-order valence-corrected chi connectivity index (χ4v) is 2.00. The van der Waals surface area contributed by atoms with Crippen molar-refractivity contribution in [1.82, 2.24) is 5.32 Å². The van der Waals surface area contributed by atoms with E-state index in [0.29, 0.717) is 18.0 Å². The van der Waals surface area contributed by atoms with E-state index >= 15 is 0 Å². The van der Waals surface area contributed by atoms with Crippen molar-refractivity contribution in [3.63, 3.8) is 0 Å². The third-order valence-electron chi connectivity index (χ3n) is 2.71. The van der Waals surface area contributed by atoms with Crippen LogP contribution in [0.15, 0.2) is 24.3 Å². The summed E-state index contributed by atoms with van der Waals surface area (Å²) in [5.41, 5.74) is 0.968. The molecule has 1 aromatic rings. The van der Waals surface area contributed by atoms with Crippen molar-refractivity contribution in [3.8, 4) is 0 Å². The minimum atomic E-state index is -4.05.